The normalized spacial score (nSPS) is 42.2. The molecule has 7 unspecified atom stereocenters. The van der Waals surface area contributed by atoms with Crippen LogP contribution in [-0.2, 0) is 0 Å². The zero-order valence-corrected chi connectivity index (χ0v) is 23.6. The van der Waals surface area contributed by atoms with Gasteiger partial charge in [-0.1, -0.05) is 40.7 Å². The molecule has 0 radical (unpaired) electrons. The molecule has 3 heterocycles. The van der Waals surface area contributed by atoms with Crippen molar-refractivity contribution in [3.63, 3.8) is 0 Å². The van der Waals surface area contributed by atoms with Crippen molar-refractivity contribution < 1.29 is 0 Å². The first kappa shape index (κ1) is 27.4. The summed E-state index contributed by atoms with van der Waals surface area (Å²) in [5.74, 6) is 3.20. The molecule has 7 atom stereocenters. The van der Waals surface area contributed by atoms with Crippen LogP contribution in [0.1, 0.15) is 112 Å². The van der Waals surface area contributed by atoms with E-state index in [0.717, 1.165) is 24.4 Å². The Bertz CT molecular complexity index is 670. The topological polar surface area (TPSA) is 56.6 Å². The maximum absolute atomic E-state index is 6.58. The van der Waals surface area contributed by atoms with Gasteiger partial charge in [-0.15, -0.1) is 0 Å². The summed E-state index contributed by atoms with van der Waals surface area (Å²) in [6, 6.07) is 3.16. The van der Waals surface area contributed by atoms with Crippen molar-refractivity contribution in [2.75, 3.05) is 6.54 Å². The summed E-state index contributed by atoms with van der Waals surface area (Å²) in [4.78, 5) is 2.71. The van der Waals surface area contributed by atoms with Gasteiger partial charge in [-0.25, -0.2) is 5.01 Å². The van der Waals surface area contributed by atoms with Crippen LogP contribution in [0.4, 0.5) is 0 Å². The van der Waals surface area contributed by atoms with Crippen molar-refractivity contribution >= 4 is 0 Å². The molecule has 0 aromatic heterocycles. The summed E-state index contributed by atoms with van der Waals surface area (Å²) in [6.07, 6.45) is 16.2. The number of nitrogens with two attached hydrogens (primary N) is 1. The van der Waals surface area contributed by atoms with E-state index in [1.807, 2.05) is 13.8 Å². The Hall–Kier alpha value is -0.620. The molecule has 5 fully saturated rings. The second-order valence-electron chi connectivity index (χ2n) is 12.2. The summed E-state index contributed by atoms with van der Waals surface area (Å²) >= 11 is 0. The lowest BCUT2D eigenvalue weighted by Crippen LogP contribution is -2.58. The summed E-state index contributed by atoms with van der Waals surface area (Å²) in [6.45, 7) is 16.8. The maximum atomic E-state index is 6.58. The van der Waals surface area contributed by atoms with Crippen LogP contribution in [0.15, 0.2) is 12.3 Å². The summed E-state index contributed by atoms with van der Waals surface area (Å²) < 4.78 is 0. The average molecular weight is 488 g/mol. The molecule has 0 amide bonds. The second kappa shape index (κ2) is 12.3. The standard InChI is InChI=1S/C28H51N5.C2H6/c1-5-7-24-27-25(6-2)32(19(4)23-15-8-18(3)30-28(23)29)17-16-26(27)33(31-24)22-13-11-21(12-14-22)20-9-10-20;1-2/h18,20-28,30-31H,4-17,29H2,1-3H3;1-2H3. The molecule has 202 valence electrons. The van der Waals surface area contributed by atoms with Crippen molar-refractivity contribution in [1.29, 1.82) is 0 Å². The van der Waals surface area contributed by atoms with Gasteiger partial charge in [0, 0.05) is 54.3 Å². The molecule has 0 aromatic carbocycles. The molecule has 4 N–H and O–H groups in total. The van der Waals surface area contributed by atoms with Crippen LogP contribution in [0.25, 0.3) is 0 Å². The molecule has 0 aromatic rings. The second-order valence-corrected chi connectivity index (χ2v) is 12.2. The predicted molar refractivity (Wildman–Crippen MR) is 149 cm³/mol. The molecule has 2 aliphatic carbocycles. The van der Waals surface area contributed by atoms with Gasteiger partial charge in [0.1, 0.15) is 0 Å². The molecule has 2 saturated carbocycles. The Morgan fingerprint density at radius 1 is 0.943 bits per heavy atom. The summed E-state index contributed by atoms with van der Waals surface area (Å²) in [5.41, 5.74) is 12.0. The largest absolute Gasteiger partial charge is 0.372 e. The van der Waals surface area contributed by atoms with E-state index in [2.05, 4.69) is 48.0 Å². The molecule has 0 spiro atoms. The van der Waals surface area contributed by atoms with Crippen molar-refractivity contribution in [1.82, 2.24) is 20.7 Å². The van der Waals surface area contributed by atoms with Gasteiger partial charge in [0.25, 0.3) is 0 Å². The van der Waals surface area contributed by atoms with Crippen LogP contribution in [0, 0.1) is 23.7 Å². The lowest BCUT2D eigenvalue weighted by Gasteiger charge is -2.50. The van der Waals surface area contributed by atoms with Gasteiger partial charge in [-0.2, -0.15) is 0 Å². The number of nitrogens with one attached hydrogen (secondary N) is 2. The Morgan fingerprint density at radius 2 is 1.60 bits per heavy atom. The van der Waals surface area contributed by atoms with Gasteiger partial charge in [0.15, 0.2) is 0 Å². The fourth-order valence-corrected chi connectivity index (χ4v) is 8.26. The van der Waals surface area contributed by atoms with Gasteiger partial charge < -0.3 is 10.6 Å². The van der Waals surface area contributed by atoms with E-state index in [0.29, 0.717) is 36.0 Å². The lowest BCUT2D eigenvalue weighted by molar-refractivity contribution is 0.0186. The van der Waals surface area contributed by atoms with E-state index in [-0.39, 0.29) is 6.17 Å². The third-order valence-electron chi connectivity index (χ3n) is 10.2. The Labute approximate surface area is 217 Å². The minimum atomic E-state index is 0.0442. The molecule has 5 nitrogen and oxygen atoms in total. The van der Waals surface area contributed by atoms with E-state index in [1.54, 1.807) is 0 Å². The van der Waals surface area contributed by atoms with Crippen molar-refractivity contribution in [2.45, 2.75) is 148 Å². The zero-order chi connectivity index (χ0) is 25.1. The first-order valence-electron chi connectivity index (χ1n) is 15.5. The van der Waals surface area contributed by atoms with Crippen LogP contribution in [-0.4, -0.2) is 52.8 Å². The highest BCUT2D eigenvalue weighted by atomic mass is 15.6. The van der Waals surface area contributed by atoms with Gasteiger partial charge in [-0.3, -0.25) is 10.7 Å². The average Bonchev–Trinajstić information content (AvgIpc) is 3.67. The number of hydrogen-bond donors (Lipinski definition) is 3. The van der Waals surface area contributed by atoms with E-state index >= 15 is 0 Å². The van der Waals surface area contributed by atoms with Crippen molar-refractivity contribution in [3.8, 4) is 0 Å². The molecule has 5 heteroatoms. The van der Waals surface area contributed by atoms with Crippen LogP contribution >= 0.6 is 0 Å². The van der Waals surface area contributed by atoms with E-state index in [4.69, 9.17) is 5.73 Å². The highest BCUT2D eigenvalue weighted by Crippen LogP contribution is 2.47. The SMILES string of the molecule is C=C(C1CCC(C)NC1N)N1CCC2C(C(CCC)NN2C2CCC(C3CC3)CC2)C1CC.CC. The van der Waals surface area contributed by atoms with Gasteiger partial charge in [-0.05, 0) is 89.4 Å². The monoisotopic (exact) mass is 487 g/mol. The minimum Gasteiger partial charge on any atom is -0.372 e. The molecular weight excluding hydrogens is 430 g/mol. The van der Waals surface area contributed by atoms with E-state index in [1.165, 1.54) is 82.7 Å². The van der Waals surface area contributed by atoms with Crippen molar-refractivity contribution in [2.24, 2.45) is 29.4 Å². The molecular formula is C30H57N5. The number of fused-ring (bicyclic) bond motifs is 1. The first-order valence-corrected chi connectivity index (χ1v) is 15.5. The van der Waals surface area contributed by atoms with Crippen LogP contribution in [0.2, 0.25) is 0 Å². The Balaban J connectivity index is 0.00000141. The Kier molecular flexibility index (Phi) is 9.62. The fraction of sp³-hybridized carbons (Fsp3) is 0.933. The number of nitrogens with zero attached hydrogens (tertiary/aromatic N) is 2. The molecule has 5 aliphatic rings. The quantitative estimate of drug-likeness (QED) is 0.435. The van der Waals surface area contributed by atoms with E-state index in [9.17, 15) is 0 Å². The molecule has 3 aliphatic heterocycles. The van der Waals surface area contributed by atoms with Crippen LogP contribution in [0.3, 0.4) is 0 Å². The predicted octanol–water partition coefficient (Wildman–Crippen LogP) is 5.63. The lowest BCUT2D eigenvalue weighted by atomic mass is 9.76. The zero-order valence-electron chi connectivity index (χ0n) is 23.6. The number of piperidine rings is 2. The fourth-order valence-electron chi connectivity index (χ4n) is 8.26. The maximum Gasteiger partial charge on any atom is 0.0633 e. The first-order chi connectivity index (χ1) is 17.0. The van der Waals surface area contributed by atoms with Gasteiger partial charge in [0.2, 0.25) is 0 Å². The number of likely N-dealkylation sites (tertiary alicyclic amines) is 1. The van der Waals surface area contributed by atoms with Gasteiger partial charge >= 0.3 is 0 Å². The molecule has 35 heavy (non-hydrogen) atoms. The van der Waals surface area contributed by atoms with Crippen LogP contribution in [0.5, 0.6) is 0 Å². The summed E-state index contributed by atoms with van der Waals surface area (Å²) in [7, 11) is 0. The number of hydrogen-bond acceptors (Lipinski definition) is 5. The van der Waals surface area contributed by atoms with Crippen LogP contribution < -0.4 is 16.5 Å². The third kappa shape index (κ3) is 5.78. The smallest absolute Gasteiger partial charge is 0.0633 e. The van der Waals surface area contributed by atoms with Crippen molar-refractivity contribution in [3.05, 3.63) is 12.3 Å². The molecule has 0 bridgehead atoms. The van der Waals surface area contributed by atoms with Gasteiger partial charge in [0.05, 0.1) is 6.17 Å². The molecule has 5 rings (SSSR count). The number of rotatable bonds is 7. The Morgan fingerprint density at radius 3 is 2.17 bits per heavy atom. The highest BCUT2D eigenvalue weighted by Gasteiger charge is 2.52. The summed E-state index contributed by atoms with van der Waals surface area (Å²) in [5, 5.41) is 6.39. The van der Waals surface area contributed by atoms with E-state index < -0.39 is 0 Å². The highest BCUT2D eigenvalue weighted by molar-refractivity contribution is 5.13. The minimum absolute atomic E-state index is 0.0442. The molecule has 3 saturated heterocycles. The third-order valence-corrected chi connectivity index (χ3v) is 10.2. The number of hydrazine groups is 1.